The molecule has 1 aliphatic carbocycles. The Labute approximate surface area is 180 Å². The molecule has 2 aromatic carbocycles. The van der Waals surface area contributed by atoms with Crippen molar-refractivity contribution in [3.8, 4) is 11.1 Å². The maximum absolute atomic E-state index is 7.00. The van der Waals surface area contributed by atoms with Gasteiger partial charge in [-0.25, -0.2) is 4.98 Å². The van der Waals surface area contributed by atoms with Crippen LogP contribution >= 0.6 is 0 Å². The van der Waals surface area contributed by atoms with Gasteiger partial charge in [0.1, 0.15) is 6.61 Å². The molecule has 1 heterocycles. The Bertz CT molecular complexity index is 834. The van der Waals surface area contributed by atoms with E-state index in [1.54, 1.807) is 14.2 Å². The van der Waals surface area contributed by atoms with Crippen molar-refractivity contribution in [2.45, 2.75) is 19.4 Å². The second kappa shape index (κ2) is 14.2. The lowest BCUT2D eigenvalue weighted by Crippen LogP contribution is -2.10. The minimum Gasteiger partial charge on any atom is -0.400 e. The van der Waals surface area contributed by atoms with E-state index in [9.17, 15) is 0 Å². The van der Waals surface area contributed by atoms with Crippen LogP contribution in [-0.2, 0) is 16.1 Å². The fraction of sp³-hybridized carbons (Fsp3) is 0.269. The van der Waals surface area contributed by atoms with E-state index in [0.717, 1.165) is 19.4 Å². The molecule has 0 radical (unpaired) electrons. The fourth-order valence-electron chi connectivity index (χ4n) is 3.49. The average Bonchev–Trinajstić information content (AvgIpc) is 3.12. The van der Waals surface area contributed by atoms with Crippen LogP contribution in [0.25, 0.3) is 11.1 Å². The van der Waals surface area contributed by atoms with Crippen LogP contribution in [0.5, 0.6) is 0 Å². The van der Waals surface area contributed by atoms with Crippen LogP contribution in [0.2, 0.25) is 0 Å². The van der Waals surface area contributed by atoms with E-state index < -0.39 is 0 Å². The Balaban J connectivity index is 0.000000279. The van der Waals surface area contributed by atoms with Gasteiger partial charge in [-0.3, -0.25) is 0 Å². The number of nitrogens with one attached hydrogen (secondary N) is 1. The molecule has 0 amide bonds. The molecule has 30 heavy (non-hydrogen) atoms. The first-order valence-electron chi connectivity index (χ1n) is 9.82. The van der Waals surface area contributed by atoms with Crippen LogP contribution in [0, 0.1) is 6.92 Å². The smallest absolute Gasteiger partial charge is 0.205 e. The van der Waals surface area contributed by atoms with Crippen molar-refractivity contribution in [3.63, 3.8) is 0 Å². The lowest BCUT2D eigenvalue weighted by atomic mass is 9.98. The first kappa shape index (κ1) is 25.2. The number of benzene rings is 2. The summed E-state index contributed by atoms with van der Waals surface area (Å²) >= 11 is 0. The van der Waals surface area contributed by atoms with Crippen LogP contribution in [0.4, 0.5) is 0 Å². The maximum atomic E-state index is 7.00. The fourth-order valence-corrected chi connectivity index (χ4v) is 3.49. The zero-order valence-electron chi connectivity index (χ0n) is 18.5. The molecule has 1 aliphatic rings. The van der Waals surface area contributed by atoms with Crippen molar-refractivity contribution in [1.82, 2.24) is 0 Å². The van der Waals surface area contributed by atoms with Crippen LogP contribution in [0.1, 0.15) is 28.3 Å². The number of hydrogen-bond donors (Lipinski definition) is 1. The number of aromatic nitrogens is 1. The summed E-state index contributed by atoms with van der Waals surface area (Å²) in [5.41, 5.74) is 7.88. The van der Waals surface area contributed by atoms with E-state index in [-0.39, 0.29) is 0 Å². The summed E-state index contributed by atoms with van der Waals surface area (Å²) in [6.07, 6.45) is 1.92. The van der Waals surface area contributed by atoms with E-state index in [1.165, 1.54) is 27.8 Å². The molecule has 1 aromatic heterocycles. The van der Waals surface area contributed by atoms with Gasteiger partial charge in [-0.2, -0.15) is 0 Å². The molecule has 0 atom stereocenters. The SMILES string of the molecule is C=C.CO.COCC1c2ccccc2-c2ccccc21.COCc1cc(C)cc[nH+]1. The molecule has 3 aromatic rings. The third-order valence-corrected chi connectivity index (χ3v) is 4.61. The van der Waals surface area contributed by atoms with Gasteiger partial charge in [0.15, 0.2) is 6.20 Å². The van der Waals surface area contributed by atoms with E-state index >= 15 is 0 Å². The average molecular weight is 409 g/mol. The largest absolute Gasteiger partial charge is 0.400 e. The third kappa shape index (κ3) is 6.63. The number of H-pyrrole nitrogens is 1. The van der Waals surface area contributed by atoms with Crippen molar-refractivity contribution < 1.29 is 19.6 Å². The number of ether oxygens (including phenoxy) is 2. The van der Waals surface area contributed by atoms with Crippen LogP contribution in [0.3, 0.4) is 0 Å². The number of methoxy groups -OCH3 is 2. The van der Waals surface area contributed by atoms with Crippen molar-refractivity contribution in [3.05, 3.63) is 102 Å². The lowest BCUT2D eigenvalue weighted by Gasteiger charge is -2.11. The first-order valence-corrected chi connectivity index (χ1v) is 9.82. The minimum atomic E-state index is 0.400. The lowest BCUT2D eigenvalue weighted by molar-refractivity contribution is -0.395. The third-order valence-electron chi connectivity index (χ3n) is 4.61. The molecule has 160 valence electrons. The normalized spacial score (nSPS) is 10.8. The van der Waals surface area contributed by atoms with E-state index in [4.69, 9.17) is 14.6 Å². The van der Waals surface area contributed by atoms with Crippen LogP contribution in [-0.4, -0.2) is 33.0 Å². The van der Waals surface area contributed by atoms with Gasteiger partial charge in [0, 0.05) is 39.4 Å². The quantitative estimate of drug-likeness (QED) is 0.630. The molecule has 4 heteroatoms. The number of fused-ring (bicyclic) bond motifs is 3. The van der Waals surface area contributed by atoms with Crippen molar-refractivity contribution in [1.29, 1.82) is 0 Å². The highest BCUT2D eigenvalue weighted by Gasteiger charge is 2.27. The molecule has 4 nitrogen and oxygen atoms in total. The summed E-state index contributed by atoms with van der Waals surface area (Å²) < 4.78 is 10.3. The monoisotopic (exact) mass is 408 g/mol. The molecule has 0 fully saturated rings. The van der Waals surface area contributed by atoms with Crippen LogP contribution < -0.4 is 4.98 Å². The second-order valence-corrected chi connectivity index (χ2v) is 6.51. The van der Waals surface area contributed by atoms with Gasteiger partial charge in [0.25, 0.3) is 0 Å². The highest BCUT2D eigenvalue weighted by Crippen LogP contribution is 2.44. The van der Waals surface area contributed by atoms with E-state index in [2.05, 4.69) is 79.7 Å². The zero-order chi connectivity index (χ0) is 22.4. The number of rotatable bonds is 4. The highest BCUT2D eigenvalue weighted by molar-refractivity contribution is 5.78. The van der Waals surface area contributed by atoms with Gasteiger partial charge < -0.3 is 14.6 Å². The molecule has 0 saturated carbocycles. The molecule has 4 rings (SSSR count). The van der Waals surface area contributed by atoms with Gasteiger partial charge >= 0.3 is 0 Å². The summed E-state index contributed by atoms with van der Waals surface area (Å²) in [6.45, 7) is 9.47. The van der Waals surface area contributed by atoms with Gasteiger partial charge in [-0.1, -0.05) is 48.5 Å². The molecule has 0 bridgehead atoms. The molecule has 0 saturated heterocycles. The standard InChI is InChI=1S/C15H14O.C8H11NO.C2H4.CH4O/c1-16-10-15-13-8-4-2-6-11(13)12-7-3-5-9-14(12)15;1-7-3-4-9-8(5-7)6-10-2;2*1-2/h2-9,15H,10H2,1H3;3-5H,6H2,1-2H3;1-2H2;2H,1H3/p+1. The summed E-state index contributed by atoms with van der Waals surface area (Å²) in [5.74, 6) is 0.400. The van der Waals surface area contributed by atoms with Gasteiger partial charge in [0.05, 0.1) is 6.61 Å². The summed E-state index contributed by atoms with van der Waals surface area (Å²) in [7, 11) is 4.46. The summed E-state index contributed by atoms with van der Waals surface area (Å²) in [4.78, 5) is 3.09. The van der Waals surface area contributed by atoms with Gasteiger partial charge in [-0.15, -0.1) is 13.2 Å². The Kier molecular flexibility index (Phi) is 12.0. The van der Waals surface area contributed by atoms with Crippen LogP contribution in [0.15, 0.2) is 80.0 Å². The Morgan fingerprint density at radius 3 is 1.87 bits per heavy atom. The van der Waals surface area contributed by atoms with E-state index in [0.29, 0.717) is 12.5 Å². The predicted octanol–water partition coefficient (Wildman–Crippen LogP) is 4.81. The van der Waals surface area contributed by atoms with Gasteiger partial charge in [-0.05, 0) is 34.7 Å². The number of aliphatic hydroxyl groups excluding tert-OH is 1. The molecular formula is C26H34NO3+. The minimum absolute atomic E-state index is 0.400. The Morgan fingerprint density at radius 1 is 0.867 bits per heavy atom. The maximum Gasteiger partial charge on any atom is 0.205 e. The first-order chi connectivity index (χ1) is 14.7. The molecule has 2 N–H and O–H groups in total. The molecular weight excluding hydrogens is 374 g/mol. The number of aryl methyl sites for hydroxylation is 1. The Morgan fingerprint density at radius 2 is 1.40 bits per heavy atom. The number of aromatic amines is 1. The van der Waals surface area contributed by atoms with Gasteiger partial charge in [0.2, 0.25) is 5.69 Å². The molecule has 0 spiro atoms. The van der Waals surface area contributed by atoms with Crippen molar-refractivity contribution >= 4 is 0 Å². The topological polar surface area (TPSA) is 52.8 Å². The molecule has 0 aliphatic heterocycles. The molecule has 0 unspecified atom stereocenters. The summed E-state index contributed by atoms with van der Waals surface area (Å²) in [5, 5.41) is 7.00. The Hall–Kier alpha value is -2.79. The van der Waals surface area contributed by atoms with E-state index in [1.807, 2.05) is 12.3 Å². The second-order valence-electron chi connectivity index (χ2n) is 6.51. The number of hydrogen-bond acceptors (Lipinski definition) is 3. The summed E-state index contributed by atoms with van der Waals surface area (Å²) in [6, 6.07) is 21.3. The van der Waals surface area contributed by atoms with Crippen molar-refractivity contribution in [2.75, 3.05) is 27.9 Å². The highest BCUT2D eigenvalue weighted by atomic mass is 16.5. The van der Waals surface area contributed by atoms with Crippen molar-refractivity contribution in [2.24, 2.45) is 0 Å². The zero-order valence-corrected chi connectivity index (χ0v) is 18.5. The number of aliphatic hydroxyl groups is 1. The number of pyridine rings is 1. The predicted molar refractivity (Wildman–Crippen MR) is 123 cm³/mol.